The van der Waals surface area contributed by atoms with Gasteiger partial charge < -0.3 is 5.32 Å². The standard InChI is InChI=1S/C22H13ClF3N3O3S/c23-17-10-7-14(11-16(17)20-12-27-18-3-1-2-4-19(18)29-20)28-21(30)13-5-8-15(9-6-13)33(31,32)22(24,25)26/h1-12H,(H,28,30). The van der Waals surface area contributed by atoms with Gasteiger partial charge in [0.1, 0.15) is 0 Å². The maximum atomic E-state index is 12.7. The SMILES string of the molecule is O=C(Nc1ccc(Cl)c(-c2cnc3ccccc3n2)c1)c1ccc(S(=O)(=O)C(F)(F)F)cc1. The van der Waals surface area contributed by atoms with E-state index in [2.05, 4.69) is 15.3 Å². The number of carbonyl (C=O) groups is 1. The first-order chi connectivity index (χ1) is 15.6. The largest absolute Gasteiger partial charge is 0.501 e. The highest BCUT2D eigenvalue weighted by atomic mass is 35.5. The molecule has 1 aromatic heterocycles. The number of para-hydroxylation sites is 2. The third-order valence-corrected chi connectivity index (χ3v) is 6.51. The Morgan fingerprint density at radius 1 is 0.939 bits per heavy atom. The van der Waals surface area contributed by atoms with Crippen LogP contribution in [0.4, 0.5) is 18.9 Å². The van der Waals surface area contributed by atoms with Crippen LogP contribution in [-0.4, -0.2) is 29.8 Å². The van der Waals surface area contributed by atoms with Gasteiger partial charge in [-0.1, -0.05) is 23.7 Å². The van der Waals surface area contributed by atoms with Crippen LogP contribution in [0.3, 0.4) is 0 Å². The number of hydrogen-bond acceptors (Lipinski definition) is 5. The molecular formula is C22H13ClF3N3O3S. The van der Waals surface area contributed by atoms with E-state index in [9.17, 15) is 26.4 Å². The van der Waals surface area contributed by atoms with Crippen molar-refractivity contribution in [3.63, 3.8) is 0 Å². The molecule has 0 atom stereocenters. The second-order valence-corrected chi connectivity index (χ2v) is 9.21. The van der Waals surface area contributed by atoms with Crippen molar-refractivity contribution in [2.75, 3.05) is 5.32 Å². The molecule has 168 valence electrons. The highest BCUT2D eigenvalue weighted by Crippen LogP contribution is 2.31. The molecule has 33 heavy (non-hydrogen) atoms. The molecule has 0 aliphatic heterocycles. The summed E-state index contributed by atoms with van der Waals surface area (Å²) in [4.78, 5) is 20.5. The molecule has 3 aromatic carbocycles. The van der Waals surface area contributed by atoms with Crippen LogP contribution in [-0.2, 0) is 9.84 Å². The summed E-state index contributed by atoms with van der Waals surface area (Å²) in [7, 11) is -5.49. The van der Waals surface area contributed by atoms with E-state index in [1.165, 1.54) is 0 Å². The molecule has 1 heterocycles. The molecule has 4 aromatic rings. The lowest BCUT2D eigenvalue weighted by molar-refractivity contribution is -0.0436. The van der Waals surface area contributed by atoms with Crippen molar-refractivity contribution in [1.29, 1.82) is 0 Å². The lowest BCUT2D eigenvalue weighted by Gasteiger charge is -2.11. The van der Waals surface area contributed by atoms with Crippen LogP contribution in [0, 0.1) is 0 Å². The first-order valence-electron chi connectivity index (χ1n) is 9.31. The fourth-order valence-corrected chi connectivity index (χ4v) is 3.98. The predicted octanol–water partition coefficient (Wildman–Crippen LogP) is 5.50. The zero-order valence-electron chi connectivity index (χ0n) is 16.5. The van der Waals surface area contributed by atoms with Crippen LogP contribution in [0.15, 0.2) is 77.8 Å². The Balaban J connectivity index is 1.59. The Labute approximate surface area is 191 Å². The predicted molar refractivity (Wildman–Crippen MR) is 118 cm³/mol. The lowest BCUT2D eigenvalue weighted by atomic mass is 10.1. The molecule has 0 aliphatic rings. The van der Waals surface area contributed by atoms with Gasteiger partial charge in [-0.05, 0) is 54.6 Å². The molecule has 11 heteroatoms. The van der Waals surface area contributed by atoms with Gasteiger partial charge in [0.05, 0.1) is 32.8 Å². The van der Waals surface area contributed by atoms with Crippen molar-refractivity contribution in [3.8, 4) is 11.3 Å². The topological polar surface area (TPSA) is 89.0 Å². The number of nitrogens with zero attached hydrogens (tertiary/aromatic N) is 2. The van der Waals surface area contributed by atoms with E-state index in [1.54, 1.807) is 30.5 Å². The van der Waals surface area contributed by atoms with Gasteiger partial charge in [0, 0.05) is 16.8 Å². The molecule has 1 amide bonds. The van der Waals surface area contributed by atoms with E-state index < -0.39 is 26.1 Å². The molecule has 0 unspecified atom stereocenters. The molecule has 6 nitrogen and oxygen atoms in total. The second kappa shape index (κ2) is 8.45. The number of carbonyl (C=O) groups excluding carboxylic acids is 1. The highest BCUT2D eigenvalue weighted by Gasteiger charge is 2.46. The fraction of sp³-hybridized carbons (Fsp3) is 0.0455. The average Bonchev–Trinajstić information content (AvgIpc) is 2.79. The lowest BCUT2D eigenvalue weighted by Crippen LogP contribution is -2.23. The van der Waals surface area contributed by atoms with Gasteiger partial charge in [0.25, 0.3) is 15.7 Å². The molecule has 0 radical (unpaired) electrons. The number of amides is 1. The summed E-state index contributed by atoms with van der Waals surface area (Å²) in [5.41, 5.74) is -2.75. The minimum absolute atomic E-state index is 0.0295. The van der Waals surface area contributed by atoms with Crippen LogP contribution < -0.4 is 5.32 Å². The van der Waals surface area contributed by atoms with E-state index in [1.807, 2.05) is 18.2 Å². The number of sulfone groups is 1. The Hall–Kier alpha value is -3.50. The van der Waals surface area contributed by atoms with Crippen LogP contribution >= 0.6 is 11.6 Å². The summed E-state index contributed by atoms with van der Waals surface area (Å²) >= 11 is 6.30. The summed E-state index contributed by atoms with van der Waals surface area (Å²) in [6, 6.07) is 15.4. The first-order valence-corrected chi connectivity index (χ1v) is 11.2. The van der Waals surface area contributed by atoms with Gasteiger partial charge in [-0.25, -0.2) is 13.4 Å². The molecule has 0 saturated heterocycles. The normalized spacial score (nSPS) is 12.0. The Morgan fingerprint density at radius 2 is 1.61 bits per heavy atom. The maximum absolute atomic E-state index is 12.7. The first kappa shape index (κ1) is 22.7. The van der Waals surface area contributed by atoms with Gasteiger partial charge in [-0.15, -0.1) is 0 Å². The molecule has 0 bridgehead atoms. The minimum atomic E-state index is -5.49. The molecule has 0 fully saturated rings. The summed E-state index contributed by atoms with van der Waals surface area (Å²) in [6.45, 7) is 0. The smallest absolute Gasteiger partial charge is 0.322 e. The zero-order chi connectivity index (χ0) is 23.8. The maximum Gasteiger partial charge on any atom is 0.501 e. The number of anilines is 1. The van der Waals surface area contributed by atoms with Crippen molar-refractivity contribution >= 4 is 44.1 Å². The highest BCUT2D eigenvalue weighted by molar-refractivity contribution is 7.92. The Morgan fingerprint density at radius 3 is 2.27 bits per heavy atom. The summed E-state index contributed by atoms with van der Waals surface area (Å²) in [5, 5.41) is 2.98. The van der Waals surface area contributed by atoms with Crippen molar-refractivity contribution in [2.24, 2.45) is 0 Å². The molecule has 0 aliphatic carbocycles. The van der Waals surface area contributed by atoms with Gasteiger partial charge in [-0.3, -0.25) is 9.78 Å². The van der Waals surface area contributed by atoms with Crippen molar-refractivity contribution in [3.05, 3.63) is 83.5 Å². The van der Waals surface area contributed by atoms with Crippen LogP contribution in [0.1, 0.15) is 10.4 Å². The second-order valence-electron chi connectivity index (χ2n) is 6.87. The molecule has 1 N–H and O–H groups in total. The van der Waals surface area contributed by atoms with Crippen molar-refractivity contribution in [2.45, 2.75) is 10.4 Å². The summed E-state index contributed by atoms with van der Waals surface area (Å²) < 4.78 is 60.9. The van der Waals surface area contributed by atoms with E-state index in [0.717, 1.165) is 24.3 Å². The van der Waals surface area contributed by atoms with Crippen molar-refractivity contribution < 1.29 is 26.4 Å². The van der Waals surface area contributed by atoms with Gasteiger partial charge in [-0.2, -0.15) is 13.2 Å². The Kier molecular flexibility index (Phi) is 5.81. The minimum Gasteiger partial charge on any atom is -0.322 e. The number of alkyl halides is 3. The van der Waals surface area contributed by atoms with Crippen molar-refractivity contribution in [1.82, 2.24) is 9.97 Å². The van der Waals surface area contributed by atoms with E-state index in [0.29, 0.717) is 33.0 Å². The summed E-state index contributed by atoms with van der Waals surface area (Å²) in [6.07, 6.45) is 1.55. The molecule has 4 rings (SSSR count). The third kappa shape index (κ3) is 4.53. The van der Waals surface area contributed by atoms with E-state index in [4.69, 9.17) is 11.6 Å². The Bertz CT molecular complexity index is 1470. The number of halogens is 4. The number of fused-ring (bicyclic) bond motifs is 1. The number of rotatable bonds is 4. The summed E-state index contributed by atoms with van der Waals surface area (Å²) in [5.74, 6) is -0.649. The van der Waals surface area contributed by atoms with Gasteiger partial charge >= 0.3 is 5.51 Å². The zero-order valence-corrected chi connectivity index (χ0v) is 18.0. The molecule has 0 saturated carbocycles. The monoisotopic (exact) mass is 491 g/mol. The van der Waals surface area contributed by atoms with E-state index >= 15 is 0 Å². The third-order valence-electron chi connectivity index (χ3n) is 4.68. The van der Waals surface area contributed by atoms with Crippen LogP contribution in [0.2, 0.25) is 5.02 Å². The average molecular weight is 492 g/mol. The van der Waals surface area contributed by atoms with E-state index in [-0.39, 0.29) is 5.56 Å². The number of nitrogens with one attached hydrogen (secondary N) is 1. The van der Waals surface area contributed by atoms with Gasteiger partial charge in [0.15, 0.2) is 0 Å². The van der Waals surface area contributed by atoms with Gasteiger partial charge in [0.2, 0.25) is 0 Å². The molecular weight excluding hydrogens is 479 g/mol. The van der Waals surface area contributed by atoms with Crippen LogP contribution in [0.5, 0.6) is 0 Å². The number of aromatic nitrogens is 2. The number of benzene rings is 3. The quantitative estimate of drug-likeness (QED) is 0.407. The molecule has 0 spiro atoms. The van der Waals surface area contributed by atoms with Crippen LogP contribution in [0.25, 0.3) is 22.3 Å². The number of hydrogen-bond donors (Lipinski definition) is 1. The fourth-order valence-electron chi connectivity index (χ4n) is 3.01.